The van der Waals surface area contributed by atoms with Crippen molar-refractivity contribution in [2.45, 2.75) is 25.9 Å². The minimum atomic E-state index is -0.0925. The van der Waals surface area contributed by atoms with Crippen molar-refractivity contribution in [3.05, 3.63) is 63.9 Å². The van der Waals surface area contributed by atoms with Crippen LogP contribution in [0.15, 0.2) is 58.5 Å². The van der Waals surface area contributed by atoms with Gasteiger partial charge in [-0.05, 0) is 29.7 Å². The van der Waals surface area contributed by atoms with Crippen LogP contribution in [0.4, 0.5) is 0 Å². The third-order valence-corrected chi connectivity index (χ3v) is 5.32. The highest BCUT2D eigenvalue weighted by atomic mass is 35.5. The fourth-order valence-corrected chi connectivity index (χ4v) is 3.59. The Labute approximate surface area is 150 Å². The lowest BCUT2D eigenvalue weighted by Gasteiger charge is -2.19. The van der Waals surface area contributed by atoms with E-state index in [1.54, 1.807) is 34.5 Å². The fourth-order valence-electron chi connectivity index (χ4n) is 2.34. The standard InChI is InChI=1S/C19H19ClN2OS/c1-19(2,3)12-24-18-21-16-14(10-7-11-15(16)20)17(23)22(18)13-8-5-4-6-9-13/h4-11H,12H2,1-3H3. The number of halogens is 1. The molecule has 24 heavy (non-hydrogen) atoms. The van der Waals surface area contributed by atoms with Crippen LogP contribution in [-0.4, -0.2) is 15.3 Å². The number of para-hydroxylation sites is 2. The molecule has 0 saturated carbocycles. The Balaban J connectivity index is 2.26. The summed E-state index contributed by atoms with van der Waals surface area (Å²) in [6.45, 7) is 6.50. The lowest BCUT2D eigenvalue weighted by molar-refractivity contribution is 0.480. The van der Waals surface area contributed by atoms with Crippen molar-refractivity contribution in [3.63, 3.8) is 0 Å². The van der Waals surface area contributed by atoms with Crippen LogP contribution in [0.1, 0.15) is 20.8 Å². The quantitative estimate of drug-likeness (QED) is 0.478. The Bertz CT molecular complexity index is 930. The summed E-state index contributed by atoms with van der Waals surface area (Å²) in [4.78, 5) is 17.8. The van der Waals surface area contributed by atoms with Gasteiger partial charge in [0.15, 0.2) is 5.16 Å². The van der Waals surface area contributed by atoms with E-state index >= 15 is 0 Å². The molecule has 5 heteroatoms. The van der Waals surface area contributed by atoms with Crippen molar-refractivity contribution < 1.29 is 0 Å². The van der Waals surface area contributed by atoms with Gasteiger partial charge in [0.25, 0.3) is 5.56 Å². The second-order valence-corrected chi connectivity index (χ2v) is 8.21. The van der Waals surface area contributed by atoms with Crippen LogP contribution >= 0.6 is 23.4 Å². The molecule has 0 unspecified atom stereocenters. The molecule has 0 radical (unpaired) electrons. The number of thioether (sulfide) groups is 1. The van der Waals surface area contributed by atoms with E-state index in [9.17, 15) is 4.79 Å². The van der Waals surface area contributed by atoms with Gasteiger partial charge in [0.2, 0.25) is 0 Å². The zero-order chi connectivity index (χ0) is 17.3. The molecule has 0 atom stereocenters. The van der Waals surface area contributed by atoms with Crippen molar-refractivity contribution in [2.75, 3.05) is 5.75 Å². The molecule has 3 aromatic rings. The lowest BCUT2D eigenvalue weighted by atomic mass is 10.0. The third-order valence-electron chi connectivity index (χ3n) is 3.47. The molecule has 0 amide bonds. The highest BCUT2D eigenvalue weighted by Crippen LogP contribution is 2.29. The van der Waals surface area contributed by atoms with Crippen LogP contribution < -0.4 is 5.56 Å². The fraction of sp³-hybridized carbons (Fsp3) is 0.263. The summed E-state index contributed by atoms with van der Waals surface area (Å²) >= 11 is 7.85. The molecule has 124 valence electrons. The number of fused-ring (bicyclic) bond motifs is 1. The first kappa shape index (κ1) is 17.1. The molecule has 0 N–H and O–H groups in total. The predicted octanol–water partition coefficient (Wildman–Crippen LogP) is 5.18. The number of hydrogen-bond donors (Lipinski definition) is 0. The highest BCUT2D eigenvalue weighted by molar-refractivity contribution is 7.99. The summed E-state index contributed by atoms with van der Waals surface area (Å²) in [6.07, 6.45) is 0. The SMILES string of the molecule is CC(C)(C)CSc1nc2c(Cl)cccc2c(=O)n1-c1ccccc1. The van der Waals surface area contributed by atoms with Gasteiger partial charge in [0, 0.05) is 5.75 Å². The van der Waals surface area contributed by atoms with Gasteiger partial charge >= 0.3 is 0 Å². The van der Waals surface area contributed by atoms with E-state index in [-0.39, 0.29) is 11.0 Å². The second-order valence-electron chi connectivity index (χ2n) is 6.86. The van der Waals surface area contributed by atoms with Gasteiger partial charge in [-0.25, -0.2) is 4.98 Å². The molecular formula is C19H19ClN2OS. The van der Waals surface area contributed by atoms with Crippen molar-refractivity contribution in [3.8, 4) is 5.69 Å². The van der Waals surface area contributed by atoms with Gasteiger partial charge in [-0.1, -0.05) is 68.4 Å². The topological polar surface area (TPSA) is 34.9 Å². The van der Waals surface area contributed by atoms with Crippen molar-refractivity contribution in [1.29, 1.82) is 0 Å². The van der Waals surface area contributed by atoms with E-state index in [1.807, 2.05) is 30.3 Å². The van der Waals surface area contributed by atoms with Crippen LogP contribution in [0, 0.1) is 5.41 Å². The van der Waals surface area contributed by atoms with Crippen LogP contribution in [0.2, 0.25) is 5.02 Å². The number of benzene rings is 2. The third kappa shape index (κ3) is 3.50. The maximum Gasteiger partial charge on any atom is 0.266 e. The Morgan fingerprint density at radius 1 is 1.08 bits per heavy atom. The molecule has 2 aromatic carbocycles. The number of rotatable bonds is 3. The van der Waals surface area contributed by atoms with Gasteiger partial charge in [-0.15, -0.1) is 0 Å². The summed E-state index contributed by atoms with van der Waals surface area (Å²) in [7, 11) is 0. The molecule has 3 rings (SSSR count). The lowest BCUT2D eigenvalue weighted by Crippen LogP contribution is -2.22. The highest BCUT2D eigenvalue weighted by Gasteiger charge is 2.18. The first-order valence-corrected chi connectivity index (χ1v) is 9.13. The van der Waals surface area contributed by atoms with Gasteiger partial charge in [0.1, 0.15) is 0 Å². The van der Waals surface area contributed by atoms with Crippen LogP contribution in [-0.2, 0) is 0 Å². The number of aromatic nitrogens is 2. The maximum atomic E-state index is 13.1. The van der Waals surface area contributed by atoms with Gasteiger partial charge in [-0.2, -0.15) is 0 Å². The van der Waals surface area contributed by atoms with E-state index in [0.29, 0.717) is 21.1 Å². The predicted molar refractivity (Wildman–Crippen MR) is 103 cm³/mol. The van der Waals surface area contributed by atoms with Crippen molar-refractivity contribution in [2.24, 2.45) is 5.41 Å². The molecular weight excluding hydrogens is 340 g/mol. The molecule has 3 nitrogen and oxygen atoms in total. The minimum Gasteiger partial charge on any atom is -0.268 e. The summed E-state index contributed by atoms with van der Waals surface area (Å²) in [5.41, 5.74) is 1.41. The zero-order valence-corrected chi connectivity index (χ0v) is 15.5. The minimum absolute atomic E-state index is 0.0925. The normalized spacial score (nSPS) is 11.8. The maximum absolute atomic E-state index is 13.1. The molecule has 0 fully saturated rings. The van der Waals surface area contributed by atoms with E-state index in [1.165, 1.54) is 0 Å². The van der Waals surface area contributed by atoms with E-state index in [4.69, 9.17) is 16.6 Å². The Morgan fingerprint density at radius 2 is 1.79 bits per heavy atom. The van der Waals surface area contributed by atoms with Gasteiger partial charge < -0.3 is 0 Å². The number of hydrogen-bond acceptors (Lipinski definition) is 3. The van der Waals surface area contributed by atoms with Crippen LogP contribution in [0.25, 0.3) is 16.6 Å². The summed E-state index contributed by atoms with van der Waals surface area (Å²) in [5.74, 6) is 0.849. The second kappa shape index (κ2) is 6.61. The van der Waals surface area contributed by atoms with Crippen LogP contribution in [0.5, 0.6) is 0 Å². The molecule has 0 spiro atoms. The van der Waals surface area contributed by atoms with Gasteiger partial charge in [-0.3, -0.25) is 9.36 Å². The van der Waals surface area contributed by atoms with Gasteiger partial charge in [0.05, 0.1) is 21.6 Å². The summed E-state index contributed by atoms with van der Waals surface area (Å²) < 4.78 is 1.68. The molecule has 0 bridgehead atoms. The summed E-state index contributed by atoms with van der Waals surface area (Å²) in [5, 5.41) is 1.70. The number of nitrogens with zero attached hydrogens (tertiary/aromatic N) is 2. The average Bonchev–Trinajstić information content (AvgIpc) is 2.54. The Kier molecular flexibility index (Phi) is 4.70. The molecule has 0 aliphatic rings. The van der Waals surface area contributed by atoms with E-state index in [2.05, 4.69) is 20.8 Å². The Hall–Kier alpha value is -1.78. The smallest absolute Gasteiger partial charge is 0.266 e. The molecule has 0 aliphatic heterocycles. The molecule has 1 heterocycles. The van der Waals surface area contributed by atoms with Crippen LogP contribution in [0.3, 0.4) is 0 Å². The van der Waals surface area contributed by atoms with E-state index < -0.39 is 0 Å². The molecule has 0 aliphatic carbocycles. The summed E-state index contributed by atoms with van der Waals surface area (Å²) in [6, 6.07) is 14.9. The largest absolute Gasteiger partial charge is 0.268 e. The average molecular weight is 359 g/mol. The monoisotopic (exact) mass is 358 g/mol. The molecule has 1 aromatic heterocycles. The van der Waals surface area contributed by atoms with Crippen molar-refractivity contribution in [1.82, 2.24) is 9.55 Å². The van der Waals surface area contributed by atoms with Crippen molar-refractivity contribution >= 4 is 34.3 Å². The zero-order valence-electron chi connectivity index (χ0n) is 13.9. The van der Waals surface area contributed by atoms with E-state index in [0.717, 1.165) is 11.4 Å². The Morgan fingerprint density at radius 3 is 2.46 bits per heavy atom. The first-order valence-electron chi connectivity index (χ1n) is 7.76. The molecule has 0 saturated heterocycles. The first-order chi connectivity index (χ1) is 11.4.